The van der Waals surface area contributed by atoms with Gasteiger partial charge in [-0.15, -0.1) is 6.42 Å². The molecule has 0 aliphatic carbocycles. The molecule has 1 unspecified atom stereocenters. The molecule has 0 amide bonds. The van der Waals surface area contributed by atoms with Gasteiger partial charge in [0.15, 0.2) is 0 Å². The van der Waals surface area contributed by atoms with Crippen molar-refractivity contribution < 1.29 is 0 Å². The molecule has 0 fully saturated rings. The highest BCUT2D eigenvalue weighted by molar-refractivity contribution is 6.28. The van der Waals surface area contributed by atoms with E-state index in [0.29, 0.717) is 11.9 Å². The van der Waals surface area contributed by atoms with Crippen LogP contribution >= 0.6 is 11.6 Å². The minimum Gasteiger partial charge on any atom is -0.340 e. The van der Waals surface area contributed by atoms with Crippen LogP contribution in [0.2, 0.25) is 5.28 Å². The molecule has 0 aromatic carbocycles. The Balaban J connectivity index is 2.25. The summed E-state index contributed by atoms with van der Waals surface area (Å²) < 4.78 is 1.50. The van der Waals surface area contributed by atoms with E-state index in [0.717, 1.165) is 12.8 Å². The van der Waals surface area contributed by atoms with Crippen molar-refractivity contribution in [1.82, 2.24) is 24.7 Å². The molecule has 2 aromatic rings. The van der Waals surface area contributed by atoms with E-state index >= 15 is 0 Å². The van der Waals surface area contributed by atoms with Crippen LogP contribution in [0, 0.1) is 12.3 Å². The average Bonchev–Trinajstić information content (AvgIpc) is 2.91. The third-order valence-corrected chi connectivity index (χ3v) is 2.56. The lowest BCUT2D eigenvalue weighted by molar-refractivity contribution is 0.739. The molecule has 98 valence electrons. The summed E-state index contributed by atoms with van der Waals surface area (Å²) in [5, 5.41) is 7.18. The highest BCUT2D eigenvalue weighted by Crippen LogP contribution is 2.11. The normalized spacial score (nSPS) is 11.8. The first kappa shape index (κ1) is 13.3. The largest absolute Gasteiger partial charge is 0.340 e. The van der Waals surface area contributed by atoms with Gasteiger partial charge in [-0.05, 0) is 24.1 Å². The Labute approximate surface area is 116 Å². The number of terminal acetylenes is 1. The van der Waals surface area contributed by atoms with Gasteiger partial charge in [-0.2, -0.15) is 20.1 Å². The van der Waals surface area contributed by atoms with Crippen molar-refractivity contribution in [3.63, 3.8) is 0 Å². The molecular formula is C12H13ClN6. The number of anilines is 1. The van der Waals surface area contributed by atoms with Gasteiger partial charge >= 0.3 is 0 Å². The van der Waals surface area contributed by atoms with Crippen LogP contribution in [-0.2, 0) is 0 Å². The molecule has 0 aliphatic heterocycles. The second-order valence-corrected chi connectivity index (χ2v) is 4.17. The molecule has 1 N–H and O–H groups in total. The first-order chi connectivity index (χ1) is 9.22. The maximum atomic E-state index is 5.88. The molecule has 2 heterocycles. The predicted molar refractivity (Wildman–Crippen MR) is 73.1 cm³/mol. The van der Waals surface area contributed by atoms with Crippen LogP contribution in [-0.4, -0.2) is 30.8 Å². The lowest BCUT2D eigenvalue weighted by Gasteiger charge is -2.12. The van der Waals surface area contributed by atoms with Crippen molar-refractivity contribution in [3.05, 3.63) is 23.7 Å². The highest BCUT2D eigenvalue weighted by atomic mass is 35.5. The zero-order valence-corrected chi connectivity index (χ0v) is 11.2. The standard InChI is InChI=1S/C12H13ClN6/c1-3-6-9(4-2)15-11-16-10(13)17-12(18-11)19-8-5-7-14-19/h2,5,7-9H,3,6H2,1H3,(H,15,16,17,18). The van der Waals surface area contributed by atoms with Crippen molar-refractivity contribution in [2.75, 3.05) is 5.32 Å². The van der Waals surface area contributed by atoms with E-state index in [9.17, 15) is 0 Å². The molecule has 7 heteroatoms. The molecule has 0 saturated carbocycles. The summed E-state index contributed by atoms with van der Waals surface area (Å²) in [7, 11) is 0. The minimum absolute atomic E-state index is 0.0928. The van der Waals surface area contributed by atoms with E-state index < -0.39 is 0 Å². The fourth-order valence-electron chi connectivity index (χ4n) is 1.54. The number of halogens is 1. The summed E-state index contributed by atoms with van der Waals surface area (Å²) >= 11 is 5.88. The van der Waals surface area contributed by atoms with Gasteiger partial charge in [0.25, 0.3) is 5.95 Å². The molecule has 0 bridgehead atoms. The van der Waals surface area contributed by atoms with Crippen molar-refractivity contribution in [2.45, 2.75) is 25.8 Å². The van der Waals surface area contributed by atoms with Gasteiger partial charge in [0, 0.05) is 12.4 Å². The van der Waals surface area contributed by atoms with Crippen LogP contribution in [0.4, 0.5) is 5.95 Å². The number of aromatic nitrogens is 5. The second kappa shape index (κ2) is 6.16. The average molecular weight is 277 g/mol. The molecule has 0 saturated heterocycles. The summed E-state index contributed by atoms with van der Waals surface area (Å²) in [6, 6.07) is 1.64. The fourth-order valence-corrected chi connectivity index (χ4v) is 1.69. The zero-order valence-electron chi connectivity index (χ0n) is 10.4. The Morgan fingerprint density at radius 2 is 2.32 bits per heavy atom. The molecule has 0 spiro atoms. The molecule has 1 atom stereocenters. The summed E-state index contributed by atoms with van der Waals surface area (Å²) in [5.74, 6) is 3.34. The van der Waals surface area contributed by atoms with E-state index in [1.54, 1.807) is 18.5 Å². The topological polar surface area (TPSA) is 68.5 Å². The first-order valence-electron chi connectivity index (χ1n) is 5.87. The smallest absolute Gasteiger partial charge is 0.256 e. The molecular weight excluding hydrogens is 264 g/mol. The van der Waals surface area contributed by atoms with Crippen LogP contribution in [0.1, 0.15) is 19.8 Å². The fraction of sp³-hybridized carbons (Fsp3) is 0.333. The summed E-state index contributed by atoms with van der Waals surface area (Å²) in [5.41, 5.74) is 0. The molecule has 0 aliphatic rings. The first-order valence-corrected chi connectivity index (χ1v) is 6.25. The van der Waals surface area contributed by atoms with Gasteiger partial charge < -0.3 is 5.32 Å². The maximum absolute atomic E-state index is 5.88. The summed E-state index contributed by atoms with van der Waals surface area (Å²) in [6.45, 7) is 2.06. The zero-order chi connectivity index (χ0) is 13.7. The molecule has 2 aromatic heterocycles. The molecule has 0 radical (unpaired) electrons. The Morgan fingerprint density at radius 3 is 2.95 bits per heavy atom. The van der Waals surface area contributed by atoms with Crippen LogP contribution in [0.25, 0.3) is 5.95 Å². The van der Waals surface area contributed by atoms with Gasteiger partial charge in [-0.3, -0.25) is 0 Å². The number of hydrogen-bond acceptors (Lipinski definition) is 5. The monoisotopic (exact) mass is 276 g/mol. The third-order valence-electron chi connectivity index (χ3n) is 2.39. The van der Waals surface area contributed by atoms with Gasteiger partial charge in [0.05, 0.1) is 6.04 Å². The minimum atomic E-state index is -0.131. The maximum Gasteiger partial charge on any atom is 0.256 e. The number of nitrogens with one attached hydrogen (secondary N) is 1. The Hall–Kier alpha value is -2.13. The number of rotatable bonds is 5. The van der Waals surface area contributed by atoms with E-state index in [1.807, 2.05) is 0 Å². The van der Waals surface area contributed by atoms with E-state index in [4.69, 9.17) is 18.0 Å². The van der Waals surface area contributed by atoms with Crippen molar-refractivity contribution in [1.29, 1.82) is 0 Å². The van der Waals surface area contributed by atoms with Crippen molar-refractivity contribution in [3.8, 4) is 18.3 Å². The highest BCUT2D eigenvalue weighted by Gasteiger charge is 2.10. The van der Waals surface area contributed by atoms with Crippen LogP contribution in [0.3, 0.4) is 0 Å². The van der Waals surface area contributed by atoms with Crippen molar-refractivity contribution in [2.24, 2.45) is 0 Å². The Bertz CT molecular complexity index is 574. The second-order valence-electron chi connectivity index (χ2n) is 3.83. The van der Waals surface area contributed by atoms with Gasteiger partial charge in [0.1, 0.15) is 0 Å². The predicted octanol–water partition coefficient (Wildman–Crippen LogP) is 1.92. The molecule has 19 heavy (non-hydrogen) atoms. The number of nitrogens with zero attached hydrogens (tertiary/aromatic N) is 5. The van der Waals surface area contributed by atoms with Gasteiger partial charge in [0.2, 0.25) is 11.2 Å². The van der Waals surface area contributed by atoms with Crippen LogP contribution in [0.5, 0.6) is 0 Å². The third kappa shape index (κ3) is 3.42. The van der Waals surface area contributed by atoms with E-state index in [-0.39, 0.29) is 11.3 Å². The van der Waals surface area contributed by atoms with Crippen LogP contribution < -0.4 is 5.32 Å². The van der Waals surface area contributed by atoms with Crippen LogP contribution in [0.15, 0.2) is 18.5 Å². The number of hydrogen-bond donors (Lipinski definition) is 1. The van der Waals surface area contributed by atoms with Gasteiger partial charge in [-0.25, -0.2) is 4.68 Å². The lowest BCUT2D eigenvalue weighted by atomic mass is 10.2. The SMILES string of the molecule is C#CC(CCC)Nc1nc(Cl)nc(-n2cccn2)n1. The van der Waals surface area contributed by atoms with Crippen molar-refractivity contribution >= 4 is 17.5 Å². The summed E-state index contributed by atoms with van der Waals surface area (Å²) in [4.78, 5) is 12.2. The molecule has 2 rings (SSSR count). The molecule has 6 nitrogen and oxygen atoms in total. The lowest BCUT2D eigenvalue weighted by Crippen LogP contribution is -2.19. The summed E-state index contributed by atoms with van der Waals surface area (Å²) in [6.07, 6.45) is 10.6. The van der Waals surface area contributed by atoms with E-state index in [2.05, 4.69) is 38.2 Å². The Morgan fingerprint density at radius 1 is 1.47 bits per heavy atom. The van der Waals surface area contributed by atoms with E-state index in [1.165, 1.54) is 4.68 Å². The Kier molecular flexibility index (Phi) is 4.31. The quantitative estimate of drug-likeness (QED) is 0.845. The van der Waals surface area contributed by atoms with Gasteiger partial charge in [-0.1, -0.05) is 19.3 Å².